The number of aliphatic carboxylic acids is 1. The Hall–Kier alpha value is -1.77. The number of methoxy groups -OCH3 is 1. The number of rotatable bonds is 4. The molecule has 0 saturated carbocycles. The van der Waals surface area contributed by atoms with Crippen LogP contribution in [-0.4, -0.2) is 18.2 Å². The standard InChI is InChI=1S/C13H16O3/c1-9(4-7-13(14)15)12-6-5-11(16-3)8-10(12)2/h4-6,8H,7H2,1-3H3,(H,14,15)/b9-4+. The number of carboxylic acids is 1. The van der Waals surface area contributed by atoms with Gasteiger partial charge in [-0.05, 0) is 42.7 Å². The summed E-state index contributed by atoms with van der Waals surface area (Å²) in [6, 6.07) is 5.76. The molecule has 0 spiro atoms. The monoisotopic (exact) mass is 220 g/mol. The van der Waals surface area contributed by atoms with E-state index in [2.05, 4.69) is 0 Å². The van der Waals surface area contributed by atoms with Gasteiger partial charge in [0.15, 0.2) is 0 Å². The van der Waals surface area contributed by atoms with E-state index in [-0.39, 0.29) is 6.42 Å². The van der Waals surface area contributed by atoms with Crippen molar-refractivity contribution in [3.63, 3.8) is 0 Å². The number of benzene rings is 1. The first kappa shape index (κ1) is 12.3. The van der Waals surface area contributed by atoms with Gasteiger partial charge in [-0.25, -0.2) is 0 Å². The second-order valence-corrected chi connectivity index (χ2v) is 3.67. The number of carbonyl (C=O) groups is 1. The lowest BCUT2D eigenvalue weighted by Gasteiger charge is -2.08. The highest BCUT2D eigenvalue weighted by molar-refractivity contribution is 5.74. The molecule has 0 radical (unpaired) electrons. The van der Waals surface area contributed by atoms with Crippen molar-refractivity contribution < 1.29 is 14.6 Å². The van der Waals surface area contributed by atoms with E-state index in [0.717, 1.165) is 22.4 Å². The van der Waals surface area contributed by atoms with Crippen LogP contribution in [0.15, 0.2) is 24.3 Å². The highest BCUT2D eigenvalue weighted by Crippen LogP contribution is 2.23. The first-order chi connectivity index (χ1) is 7.54. The Balaban J connectivity index is 2.95. The maximum Gasteiger partial charge on any atom is 0.307 e. The Morgan fingerprint density at radius 1 is 1.50 bits per heavy atom. The predicted octanol–water partition coefficient (Wildman–Crippen LogP) is 2.88. The molecule has 1 rings (SSSR count). The summed E-state index contributed by atoms with van der Waals surface area (Å²) in [5, 5.41) is 8.60. The Labute approximate surface area is 95.4 Å². The molecular weight excluding hydrogens is 204 g/mol. The number of hydrogen-bond donors (Lipinski definition) is 1. The molecule has 0 bridgehead atoms. The molecule has 0 aliphatic heterocycles. The minimum Gasteiger partial charge on any atom is -0.497 e. The lowest BCUT2D eigenvalue weighted by Crippen LogP contribution is -1.93. The van der Waals surface area contributed by atoms with E-state index in [1.165, 1.54) is 0 Å². The second-order valence-electron chi connectivity index (χ2n) is 3.67. The predicted molar refractivity (Wildman–Crippen MR) is 63.6 cm³/mol. The zero-order valence-electron chi connectivity index (χ0n) is 9.78. The van der Waals surface area contributed by atoms with Gasteiger partial charge >= 0.3 is 5.97 Å². The van der Waals surface area contributed by atoms with Gasteiger partial charge < -0.3 is 9.84 Å². The summed E-state index contributed by atoms with van der Waals surface area (Å²) in [6.45, 7) is 3.90. The molecule has 0 amide bonds. The molecule has 1 aromatic carbocycles. The van der Waals surface area contributed by atoms with Crippen molar-refractivity contribution in [3.8, 4) is 5.75 Å². The van der Waals surface area contributed by atoms with Crippen molar-refractivity contribution in [2.24, 2.45) is 0 Å². The van der Waals surface area contributed by atoms with Crippen molar-refractivity contribution in [1.82, 2.24) is 0 Å². The second kappa shape index (κ2) is 5.35. The normalized spacial score (nSPS) is 11.3. The van der Waals surface area contributed by atoms with Crippen LogP contribution in [0, 0.1) is 6.92 Å². The average Bonchev–Trinajstić information content (AvgIpc) is 2.25. The maximum atomic E-state index is 10.5. The summed E-state index contributed by atoms with van der Waals surface area (Å²) in [5.41, 5.74) is 3.11. The fourth-order valence-corrected chi connectivity index (χ4v) is 1.56. The lowest BCUT2D eigenvalue weighted by molar-refractivity contribution is -0.135. The first-order valence-electron chi connectivity index (χ1n) is 5.08. The van der Waals surface area contributed by atoms with Crippen molar-refractivity contribution >= 4 is 11.5 Å². The quantitative estimate of drug-likeness (QED) is 0.848. The van der Waals surface area contributed by atoms with Gasteiger partial charge in [-0.3, -0.25) is 4.79 Å². The number of allylic oxidation sites excluding steroid dienone is 1. The van der Waals surface area contributed by atoms with Crippen LogP contribution in [0.5, 0.6) is 5.75 Å². The van der Waals surface area contributed by atoms with E-state index >= 15 is 0 Å². The molecule has 16 heavy (non-hydrogen) atoms. The van der Waals surface area contributed by atoms with Crippen LogP contribution < -0.4 is 4.74 Å². The summed E-state index contributed by atoms with van der Waals surface area (Å²) in [7, 11) is 1.63. The van der Waals surface area contributed by atoms with Crippen molar-refractivity contribution in [1.29, 1.82) is 0 Å². The first-order valence-corrected chi connectivity index (χ1v) is 5.08. The Kier molecular flexibility index (Phi) is 4.11. The molecule has 1 N–H and O–H groups in total. The van der Waals surface area contributed by atoms with Crippen LogP contribution in [-0.2, 0) is 4.79 Å². The zero-order valence-corrected chi connectivity index (χ0v) is 9.78. The Bertz CT molecular complexity index is 419. The van der Waals surface area contributed by atoms with Gasteiger partial charge in [0.2, 0.25) is 0 Å². The molecule has 0 atom stereocenters. The number of ether oxygens (including phenoxy) is 1. The van der Waals surface area contributed by atoms with Crippen molar-refractivity contribution in [3.05, 3.63) is 35.4 Å². The van der Waals surface area contributed by atoms with Crippen LogP contribution >= 0.6 is 0 Å². The van der Waals surface area contributed by atoms with Crippen molar-refractivity contribution in [2.75, 3.05) is 7.11 Å². The number of hydrogen-bond acceptors (Lipinski definition) is 2. The summed E-state index contributed by atoms with van der Waals surface area (Å²) in [5.74, 6) is -0.00204. The van der Waals surface area contributed by atoms with Crippen LogP contribution in [0.1, 0.15) is 24.5 Å². The van der Waals surface area contributed by atoms with Crippen molar-refractivity contribution in [2.45, 2.75) is 20.3 Å². The number of carboxylic acid groups (broad SMARTS) is 1. The van der Waals surface area contributed by atoms with Gasteiger partial charge in [-0.1, -0.05) is 12.1 Å². The van der Waals surface area contributed by atoms with Gasteiger partial charge in [0, 0.05) is 0 Å². The maximum absolute atomic E-state index is 10.5. The van der Waals surface area contributed by atoms with E-state index in [9.17, 15) is 4.79 Å². The fraction of sp³-hybridized carbons (Fsp3) is 0.308. The van der Waals surface area contributed by atoms with Crippen LogP contribution in [0.25, 0.3) is 5.57 Å². The number of aryl methyl sites for hydroxylation is 1. The summed E-state index contributed by atoms with van der Waals surface area (Å²) < 4.78 is 5.11. The molecule has 3 nitrogen and oxygen atoms in total. The Morgan fingerprint density at radius 2 is 2.19 bits per heavy atom. The third-order valence-corrected chi connectivity index (χ3v) is 2.44. The fourth-order valence-electron chi connectivity index (χ4n) is 1.56. The van der Waals surface area contributed by atoms with Gasteiger partial charge in [-0.15, -0.1) is 0 Å². The molecule has 0 fully saturated rings. The Morgan fingerprint density at radius 3 is 2.69 bits per heavy atom. The summed E-state index contributed by atoms with van der Waals surface area (Å²) in [6.07, 6.45) is 1.77. The largest absolute Gasteiger partial charge is 0.497 e. The van der Waals surface area contributed by atoms with Gasteiger partial charge in [0.25, 0.3) is 0 Å². The highest BCUT2D eigenvalue weighted by atomic mass is 16.5. The highest BCUT2D eigenvalue weighted by Gasteiger charge is 2.03. The molecule has 0 heterocycles. The summed E-state index contributed by atoms with van der Waals surface area (Å²) >= 11 is 0. The SMILES string of the molecule is COc1ccc(/C(C)=C/CC(=O)O)c(C)c1. The lowest BCUT2D eigenvalue weighted by atomic mass is 10.0. The van der Waals surface area contributed by atoms with E-state index in [1.54, 1.807) is 13.2 Å². The molecule has 0 aliphatic carbocycles. The van der Waals surface area contributed by atoms with Crippen LogP contribution in [0.2, 0.25) is 0 Å². The smallest absolute Gasteiger partial charge is 0.307 e. The third kappa shape index (κ3) is 3.12. The minimum absolute atomic E-state index is 0.0529. The molecule has 0 aromatic heterocycles. The van der Waals surface area contributed by atoms with E-state index in [4.69, 9.17) is 9.84 Å². The van der Waals surface area contributed by atoms with E-state index in [1.807, 2.05) is 32.0 Å². The topological polar surface area (TPSA) is 46.5 Å². The molecule has 0 unspecified atom stereocenters. The molecule has 3 heteroatoms. The zero-order chi connectivity index (χ0) is 12.1. The third-order valence-electron chi connectivity index (χ3n) is 2.44. The van der Waals surface area contributed by atoms with E-state index in [0.29, 0.717) is 0 Å². The summed E-state index contributed by atoms with van der Waals surface area (Å²) in [4.78, 5) is 10.5. The molecule has 0 saturated heterocycles. The molecular formula is C13H16O3. The van der Waals surface area contributed by atoms with Gasteiger partial charge in [0.05, 0.1) is 13.5 Å². The van der Waals surface area contributed by atoms with E-state index < -0.39 is 5.97 Å². The minimum atomic E-state index is -0.814. The molecule has 1 aromatic rings. The van der Waals surface area contributed by atoms with Crippen LogP contribution in [0.4, 0.5) is 0 Å². The molecule has 86 valence electrons. The average molecular weight is 220 g/mol. The van der Waals surface area contributed by atoms with Crippen LogP contribution in [0.3, 0.4) is 0 Å². The molecule has 0 aliphatic rings. The van der Waals surface area contributed by atoms with Gasteiger partial charge in [-0.2, -0.15) is 0 Å². The van der Waals surface area contributed by atoms with Gasteiger partial charge in [0.1, 0.15) is 5.75 Å².